The molecule has 12 heteroatoms. The molecule has 5 rings (SSSR count). The van der Waals surface area contributed by atoms with Crippen molar-refractivity contribution < 1.29 is 29.3 Å². The molecular formula is C33H29Cl3N2O6S. The second-order valence-electron chi connectivity index (χ2n) is 10.3. The molecule has 3 aromatic carbocycles. The first-order chi connectivity index (χ1) is 21.6. The van der Waals surface area contributed by atoms with Crippen LogP contribution in [0.25, 0.3) is 11.1 Å². The number of aliphatic hydroxyl groups excluding tert-OH is 1. The maximum atomic E-state index is 12.0. The molecule has 3 unspecified atom stereocenters. The Morgan fingerprint density at radius 3 is 2.36 bits per heavy atom. The van der Waals surface area contributed by atoms with Crippen molar-refractivity contribution >= 4 is 58.4 Å². The van der Waals surface area contributed by atoms with E-state index in [1.54, 1.807) is 12.3 Å². The molecule has 1 fully saturated rings. The van der Waals surface area contributed by atoms with Gasteiger partial charge in [0.25, 0.3) is 9.70 Å². The van der Waals surface area contributed by atoms with Gasteiger partial charge in [-0.05, 0) is 52.1 Å². The summed E-state index contributed by atoms with van der Waals surface area (Å²) in [7, 11) is 0. The molecular weight excluding hydrogens is 659 g/mol. The number of aromatic nitrogens is 1. The van der Waals surface area contributed by atoms with Crippen LogP contribution < -0.4 is 5.32 Å². The minimum atomic E-state index is -2.04. The normalized spacial score (nSPS) is 18.4. The second kappa shape index (κ2) is 15.0. The van der Waals surface area contributed by atoms with Gasteiger partial charge in [0, 0.05) is 30.5 Å². The molecule has 0 aliphatic carbocycles. The van der Waals surface area contributed by atoms with Crippen LogP contribution in [0.5, 0.6) is 0 Å². The highest BCUT2D eigenvalue weighted by atomic mass is 35.6. The molecule has 2 heterocycles. The highest BCUT2D eigenvalue weighted by molar-refractivity contribution is 7.99. The van der Waals surface area contributed by atoms with Gasteiger partial charge in [0.15, 0.2) is 6.29 Å². The third-order valence-electron chi connectivity index (χ3n) is 7.15. The smallest absolute Gasteiger partial charge is 0.338 e. The minimum Gasteiger partial charge on any atom is -0.478 e. The van der Waals surface area contributed by atoms with Crippen molar-refractivity contribution in [3.8, 4) is 11.1 Å². The lowest BCUT2D eigenvalue weighted by atomic mass is 9.99. The van der Waals surface area contributed by atoms with Gasteiger partial charge in [-0.3, -0.25) is 4.79 Å². The number of carbonyl (C=O) groups excluding carboxylic acids is 1. The number of rotatable bonds is 10. The van der Waals surface area contributed by atoms with Crippen LogP contribution in [0.1, 0.15) is 51.4 Å². The lowest BCUT2D eigenvalue weighted by molar-refractivity contribution is -0.245. The molecule has 45 heavy (non-hydrogen) atoms. The van der Waals surface area contributed by atoms with Crippen molar-refractivity contribution in [2.75, 3.05) is 5.75 Å². The highest BCUT2D eigenvalue weighted by Gasteiger charge is 2.33. The van der Waals surface area contributed by atoms with E-state index in [9.17, 15) is 19.8 Å². The molecule has 0 spiro atoms. The van der Waals surface area contributed by atoms with Gasteiger partial charge in [-0.25, -0.2) is 9.78 Å². The second-order valence-corrected chi connectivity index (χ2v) is 13.6. The van der Waals surface area contributed by atoms with E-state index in [1.165, 1.54) is 17.8 Å². The number of aromatic carboxylic acids is 1. The van der Waals surface area contributed by atoms with Gasteiger partial charge in [-0.1, -0.05) is 95.5 Å². The maximum Gasteiger partial charge on any atom is 0.338 e. The summed E-state index contributed by atoms with van der Waals surface area (Å²) in [6.45, 7) is 0.130. The summed E-state index contributed by atoms with van der Waals surface area (Å²) >= 11 is 18.3. The van der Waals surface area contributed by atoms with E-state index in [0.717, 1.165) is 33.4 Å². The van der Waals surface area contributed by atoms with E-state index in [1.807, 2.05) is 72.8 Å². The standard InChI is InChI=1S/C33H29Cl3N2O6S/c34-33(35,36)32(42)38-17-21-4-1-5-23(14-21)24-6-2-7-25(15-24)31-43-26(19-45-29-27(30(40)41)8-3-13-37-29)16-28(44-31)22-11-9-20(18-39)10-12-22/h1-15,26,28,31,39H,16-19H2,(H,38,42)(H,40,41). The van der Waals surface area contributed by atoms with Crippen LogP contribution in [0.4, 0.5) is 0 Å². The van der Waals surface area contributed by atoms with Gasteiger partial charge in [0.1, 0.15) is 5.03 Å². The lowest BCUT2D eigenvalue weighted by Gasteiger charge is -2.36. The fourth-order valence-electron chi connectivity index (χ4n) is 4.87. The number of hydrogen-bond acceptors (Lipinski definition) is 7. The number of carboxylic acids is 1. The molecule has 1 aromatic heterocycles. The fraction of sp³-hybridized carbons (Fsp3) is 0.242. The number of alkyl halides is 3. The molecule has 1 aliphatic rings. The Morgan fingerprint density at radius 1 is 0.911 bits per heavy atom. The topological polar surface area (TPSA) is 118 Å². The van der Waals surface area contributed by atoms with Crippen LogP contribution >= 0.6 is 46.6 Å². The third kappa shape index (κ3) is 8.77. The Bertz CT molecular complexity index is 1650. The monoisotopic (exact) mass is 686 g/mol. The predicted molar refractivity (Wildman–Crippen MR) is 174 cm³/mol. The molecule has 1 aliphatic heterocycles. The van der Waals surface area contributed by atoms with Crippen LogP contribution in [-0.2, 0) is 27.4 Å². The van der Waals surface area contributed by atoms with E-state index in [0.29, 0.717) is 17.2 Å². The Balaban J connectivity index is 1.37. The molecule has 0 bridgehead atoms. The summed E-state index contributed by atoms with van der Waals surface area (Å²) in [6.07, 6.45) is 0.815. The molecule has 4 aromatic rings. The Labute approximate surface area is 279 Å². The molecule has 1 amide bonds. The molecule has 0 radical (unpaired) electrons. The highest BCUT2D eigenvalue weighted by Crippen LogP contribution is 2.40. The molecule has 3 N–H and O–H groups in total. The number of nitrogens with one attached hydrogen (secondary N) is 1. The summed E-state index contributed by atoms with van der Waals surface area (Å²) in [5.74, 6) is -1.28. The zero-order valence-electron chi connectivity index (χ0n) is 23.7. The van der Waals surface area contributed by atoms with Crippen molar-refractivity contribution in [1.29, 1.82) is 0 Å². The van der Waals surface area contributed by atoms with Crippen molar-refractivity contribution in [3.63, 3.8) is 0 Å². The Hall–Kier alpha value is -3.15. The number of carbonyl (C=O) groups is 2. The summed E-state index contributed by atoms with van der Waals surface area (Å²) in [5, 5.41) is 22.1. The van der Waals surface area contributed by atoms with E-state index in [4.69, 9.17) is 44.3 Å². The minimum absolute atomic E-state index is 0.0555. The van der Waals surface area contributed by atoms with E-state index >= 15 is 0 Å². The van der Waals surface area contributed by atoms with Crippen LogP contribution in [0, 0.1) is 0 Å². The van der Waals surface area contributed by atoms with Crippen LogP contribution in [-0.4, -0.2) is 42.7 Å². The van der Waals surface area contributed by atoms with E-state index in [-0.39, 0.29) is 30.9 Å². The van der Waals surface area contributed by atoms with Gasteiger partial charge >= 0.3 is 5.97 Å². The first-order valence-electron chi connectivity index (χ1n) is 14.0. The van der Waals surface area contributed by atoms with E-state index in [2.05, 4.69) is 10.3 Å². The van der Waals surface area contributed by atoms with Crippen molar-refractivity contribution in [2.45, 2.75) is 46.9 Å². The number of ether oxygens (including phenoxy) is 2. The number of thioether (sulfide) groups is 1. The number of amides is 1. The molecule has 1 saturated heterocycles. The van der Waals surface area contributed by atoms with Crippen LogP contribution in [0.2, 0.25) is 0 Å². The number of benzene rings is 3. The largest absolute Gasteiger partial charge is 0.478 e. The van der Waals surface area contributed by atoms with Crippen LogP contribution in [0.15, 0.2) is 96.2 Å². The van der Waals surface area contributed by atoms with E-state index < -0.39 is 22.0 Å². The lowest BCUT2D eigenvalue weighted by Crippen LogP contribution is -2.33. The number of nitrogens with zero attached hydrogens (tertiary/aromatic N) is 1. The summed E-state index contributed by atoms with van der Waals surface area (Å²) in [5.41, 5.74) is 5.33. The van der Waals surface area contributed by atoms with Crippen molar-refractivity contribution in [1.82, 2.24) is 10.3 Å². The quantitative estimate of drug-likeness (QED) is 0.118. The van der Waals surface area contributed by atoms with Gasteiger partial charge in [0.2, 0.25) is 0 Å². The SMILES string of the molecule is O=C(O)c1cccnc1SCC1CC(c2ccc(CO)cc2)OC(c2cccc(-c3cccc(CNC(=O)C(Cl)(Cl)Cl)c3)c2)O1. The third-order valence-corrected chi connectivity index (χ3v) is 8.80. The van der Waals surface area contributed by atoms with Gasteiger partial charge < -0.3 is 25.0 Å². The number of carboxylic acid groups (broad SMARTS) is 1. The van der Waals surface area contributed by atoms with Crippen LogP contribution in [0.3, 0.4) is 0 Å². The van der Waals surface area contributed by atoms with Gasteiger partial charge in [-0.15, -0.1) is 11.8 Å². The first kappa shape index (κ1) is 33.2. The number of pyridine rings is 1. The summed E-state index contributed by atoms with van der Waals surface area (Å²) in [6, 6.07) is 26.2. The molecule has 0 saturated carbocycles. The summed E-state index contributed by atoms with van der Waals surface area (Å²) in [4.78, 5) is 28.0. The summed E-state index contributed by atoms with van der Waals surface area (Å²) < 4.78 is 10.9. The number of halogens is 3. The maximum absolute atomic E-state index is 12.0. The zero-order chi connectivity index (χ0) is 32.0. The first-order valence-corrected chi connectivity index (χ1v) is 16.1. The predicted octanol–water partition coefficient (Wildman–Crippen LogP) is 7.26. The van der Waals surface area contributed by atoms with Crippen molar-refractivity contribution in [2.24, 2.45) is 0 Å². The fourth-order valence-corrected chi connectivity index (χ4v) is 6.08. The molecule has 8 nitrogen and oxygen atoms in total. The number of aliphatic hydroxyl groups is 1. The molecule has 234 valence electrons. The number of hydrogen-bond donors (Lipinski definition) is 3. The zero-order valence-corrected chi connectivity index (χ0v) is 26.8. The van der Waals surface area contributed by atoms with Gasteiger partial charge in [-0.2, -0.15) is 0 Å². The van der Waals surface area contributed by atoms with Crippen molar-refractivity contribution in [3.05, 3.63) is 119 Å². The molecule has 3 atom stereocenters. The van der Waals surface area contributed by atoms with Gasteiger partial charge in [0.05, 0.1) is 24.4 Å². The Kier molecular flexibility index (Phi) is 11.0. The average molecular weight is 688 g/mol. The Morgan fingerprint density at radius 2 is 1.64 bits per heavy atom. The average Bonchev–Trinajstić information content (AvgIpc) is 3.06.